The molecule has 4 rings (SSSR count). The third kappa shape index (κ3) is 16.6. The van der Waals surface area contributed by atoms with Crippen molar-refractivity contribution in [2.45, 2.75) is 123 Å². The minimum Gasteiger partial charge on any atom is -0.390 e. The van der Waals surface area contributed by atoms with E-state index in [0.29, 0.717) is 5.41 Å². The van der Waals surface area contributed by atoms with Gasteiger partial charge in [-0.1, -0.05) is 19.8 Å². The van der Waals surface area contributed by atoms with Gasteiger partial charge >= 0.3 is 0 Å². The summed E-state index contributed by atoms with van der Waals surface area (Å²) in [6, 6.07) is 0. The van der Waals surface area contributed by atoms with Crippen molar-refractivity contribution in [1.29, 1.82) is 0 Å². The van der Waals surface area contributed by atoms with Crippen LogP contribution in [0.25, 0.3) is 0 Å². The van der Waals surface area contributed by atoms with Gasteiger partial charge in [0, 0.05) is 88.7 Å². The quantitative estimate of drug-likeness (QED) is 0.278. The van der Waals surface area contributed by atoms with Crippen LogP contribution in [0.2, 0.25) is 0 Å². The molecule has 57 heavy (non-hydrogen) atoms. The number of rotatable bonds is 4. The lowest BCUT2D eigenvalue weighted by Gasteiger charge is -2.57. The highest BCUT2D eigenvalue weighted by atomic mass is 16.7. The largest absolute Gasteiger partial charge is 0.390 e. The minimum atomic E-state index is -0.522. The Labute approximate surface area is 376 Å². The predicted octanol–water partition coefficient (Wildman–Crippen LogP) is 12.4. The SMILES string of the molecule is C#CC#CC#CC#CC#CC#CC#CC#CC#CC#CC#CC#CC#CC.C[C@H](CCC(C)(C)O)[C@H]1CC[C@H]2[C@@H]3CC[C@H]4C[C@@](C)(O)CC[C@@H]4[C@H]3CC[C@]12C.O=O.[HH].[HH].[HH].[HH].[HH].[HH].[HH].[HH].[HH].[HH].[HH].[HH].[HH].[HH].[HH].[HH].[HH].[HH].[HH].[HH].[HH].[HH]. The summed E-state index contributed by atoms with van der Waals surface area (Å²) in [6.45, 7) is 12.8. The van der Waals surface area contributed by atoms with Crippen LogP contribution in [0.5, 0.6) is 0 Å². The smallest absolute Gasteiger partial charge is 0.0622 e. The van der Waals surface area contributed by atoms with Gasteiger partial charge in [-0.25, -0.2) is 0 Å². The molecule has 4 saturated carbocycles. The molecule has 4 nitrogen and oxygen atoms in total. The standard InChI is InChI=1S/C27H4.C26H46O2.O2.22H2/c1-3-5-7-9-11-13-15-17-19-21-23-25-27-26-24-22-20-18-16-14-12-10-8-6-4-2;1-17(10-13-24(2,3)27)22-8-9-23-21-7-6-18-16-25(4,28)14-11-19(18)20(21)12-15-26(22,23)5;1-2;;;;;;;;;;;;;;;;;;;;;;/h1H,2H3;17-23,27-28H,6-16H2,1-5H3;;22*1H/t;17-,18+,19+,20-,21-,22-,23+,25+,26-;;;;;;;;;;;;;;;;;;;;;;;/m.1......................./s1. The molecule has 0 amide bonds. The highest BCUT2D eigenvalue weighted by Crippen LogP contribution is 2.66. The molecular weight excluding hydrogens is 701 g/mol. The third-order valence-electron chi connectivity index (χ3n) is 11.8. The van der Waals surface area contributed by atoms with E-state index in [-0.39, 0.29) is 31.4 Å². The van der Waals surface area contributed by atoms with E-state index in [0.717, 1.165) is 60.7 Å². The summed E-state index contributed by atoms with van der Waals surface area (Å²) in [5, 5.41) is 20.8. The molecule has 9 atom stereocenters. The van der Waals surface area contributed by atoms with Gasteiger partial charge < -0.3 is 10.2 Å². The fourth-order valence-electron chi connectivity index (χ4n) is 9.59. The Balaban J connectivity index is -0.0000000342. The van der Waals surface area contributed by atoms with Gasteiger partial charge in [-0.2, -0.15) is 0 Å². The van der Waals surface area contributed by atoms with Gasteiger partial charge in [0.1, 0.15) is 0 Å². The fourth-order valence-corrected chi connectivity index (χ4v) is 9.59. The van der Waals surface area contributed by atoms with Crippen molar-refractivity contribution in [2.75, 3.05) is 0 Å². The summed E-state index contributed by atoms with van der Waals surface area (Å²) in [5.74, 6) is 68.0. The van der Waals surface area contributed by atoms with Crippen LogP contribution in [0.15, 0.2) is 0 Å². The molecule has 0 spiro atoms. The highest BCUT2D eigenvalue weighted by molar-refractivity contribution is 5.48. The topological polar surface area (TPSA) is 74.6 Å². The number of terminal acetylenes is 1. The van der Waals surface area contributed by atoms with Crippen LogP contribution in [0.4, 0.5) is 0 Å². The first-order valence-electron chi connectivity index (χ1n) is 19.4. The number of aliphatic hydroxyl groups is 2. The van der Waals surface area contributed by atoms with Gasteiger partial charge in [0.2, 0.25) is 0 Å². The van der Waals surface area contributed by atoms with Crippen molar-refractivity contribution < 1.29 is 41.6 Å². The molecule has 4 aliphatic rings. The molecule has 0 aromatic carbocycles. The number of hydrogen-bond acceptors (Lipinski definition) is 4. The monoisotopic (exact) mass is 795 g/mol. The van der Waals surface area contributed by atoms with Crippen molar-refractivity contribution in [2.24, 2.45) is 46.8 Å². The van der Waals surface area contributed by atoms with Gasteiger partial charge in [0.05, 0.1) is 11.2 Å². The second kappa shape index (κ2) is 25.1. The molecule has 0 bridgehead atoms. The molecule has 4 heteroatoms. The van der Waals surface area contributed by atoms with E-state index in [9.17, 15) is 10.2 Å². The lowest BCUT2D eigenvalue weighted by atomic mass is 9.48. The van der Waals surface area contributed by atoms with Crippen LogP contribution in [0.3, 0.4) is 0 Å². The van der Waals surface area contributed by atoms with E-state index in [1.54, 1.807) is 6.92 Å². The summed E-state index contributed by atoms with van der Waals surface area (Å²) in [6.07, 6.45) is 18.9. The Morgan fingerprint density at radius 1 is 0.632 bits per heavy atom. The van der Waals surface area contributed by atoms with Crippen LogP contribution in [0.1, 0.15) is 144 Å². The van der Waals surface area contributed by atoms with Gasteiger partial charge in [0.25, 0.3) is 0 Å². The summed E-state index contributed by atoms with van der Waals surface area (Å²) < 4.78 is 0. The Hall–Kier alpha value is -6.20. The van der Waals surface area contributed by atoms with E-state index in [1.165, 1.54) is 51.4 Å². The van der Waals surface area contributed by atoms with Crippen LogP contribution in [-0.2, 0) is 0 Å². The van der Waals surface area contributed by atoms with Crippen LogP contribution >= 0.6 is 0 Å². The van der Waals surface area contributed by atoms with Crippen molar-refractivity contribution in [1.82, 2.24) is 0 Å². The molecule has 4 fully saturated rings. The van der Waals surface area contributed by atoms with E-state index in [4.69, 9.17) is 16.4 Å². The van der Waals surface area contributed by atoms with Crippen molar-refractivity contribution in [3.05, 3.63) is 9.93 Å². The molecule has 2 N–H and O–H groups in total. The maximum Gasteiger partial charge on any atom is 0.0622 e. The van der Waals surface area contributed by atoms with Crippen molar-refractivity contribution in [3.8, 4) is 154 Å². The van der Waals surface area contributed by atoms with E-state index in [1.807, 2.05) is 13.8 Å². The fraction of sp³-hybridized carbons (Fsp3) is 0.509. The summed E-state index contributed by atoms with van der Waals surface area (Å²) >= 11 is 0. The molecular formula is C53H94O4. The molecule has 0 radical (unpaired) electrons. The molecule has 0 aliphatic heterocycles. The predicted molar refractivity (Wildman–Crippen MR) is 277 cm³/mol. The summed E-state index contributed by atoms with van der Waals surface area (Å²) in [7, 11) is 0. The van der Waals surface area contributed by atoms with Crippen LogP contribution < -0.4 is 0 Å². The second-order valence-corrected chi connectivity index (χ2v) is 16.0. The first kappa shape index (κ1) is 47.0. The summed E-state index contributed by atoms with van der Waals surface area (Å²) in [4.78, 5) is 14.0. The summed E-state index contributed by atoms with van der Waals surface area (Å²) in [5.41, 5.74) is -0.385. The Morgan fingerprint density at radius 3 is 1.51 bits per heavy atom. The maximum atomic E-state index is 10.6. The Kier molecular flexibility index (Phi) is 20.6. The molecule has 0 saturated heterocycles. The van der Waals surface area contributed by atoms with Crippen molar-refractivity contribution >= 4 is 0 Å². The minimum absolute atomic E-state index is 0. The van der Waals surface area contributed by atoms with Gasteiger partial charge in [-0.3, -0.25) is 0 Å². The average Bonchev–Trinajstić information content (AvgIpc) is 3.55. The molecule has 0 heterocycles. The average molecular weight is 795 g/mol. The zero-order valence-electron chi connectivity index (χ0n) is 34.1. The first-order chi connectivity index (χ1) is 27.4. The lowest BCUT2D eigenvalue weighted by Crippen LogP contribution is -2.50. The van der Waals surface area contributed by atoms with Gasteiger partial charge in [-0.05, 0) is 240 Å². The van der Waals surface area contributed by atoms with E-state index >= 15 is 0 Å². The first-order valence-corrected chi connectivity index (χ1v) is 19.4. The zero-order chi connectivity index (χ0) is 42.0. The van der Waals surface area contributed by atoms with Crippen LogP contribution in [-0.4, -0.2) is 21.4 Å². The molecule has 0 aromatic rings. The Bertz CT molecular complexity index is 2330. The third-order valence-corrected chi connectivity index (χ3v) is 11.8. The molecule has 4 aliphatic carbocycles. The highest BCUT2D eigenvalue weighted by Gasteiger charge is 2.58. The van der Waals surface area contributed by atoms with Gasteiger partial charge in [-0.15, -0.1) is 6.42 Å². The van der Waals surface area contributed by atoms with Crippen molar-refractivity contribution in [3.63, 3.8) is 0 Å². The lowest BCUT2D eigenvalue weighted by molar-refractivity contribution is -0.103. The number of hydrogen-bond donors (Lipinski definition) is 2. The van der Waals surface area contributed by atoms with E-state index < -0.39 is 11.2 Å². The molecule has 0 aromatic heterocycles. The van der Waals surface area contributed by atoms with Gasteiger partial charge in [0.15, 0.2) is 0 Å². The Morgan fingerprint density at radius 2 is 1.07 bits per heavy atom. The number of fused-ring (bicyclic) bond motifs is 5. The molecule has 0 unspecified atom stereocenters. The second-order valence-electron chi connectivity index (χ2n) is 16.0. The maximum absolute atomic E-state index is 10.6. The zero-order valence-corrected chi connectivity index (χ0v) is 34.1. The molecule has 330 valence electrons. The normalized spacial score (nSPS) is 26.4. The van der Waals surface area contributed by atoms with Crippen LogP contribution in [0, 0.1) is 211 Å². The van der Waals surface area contributed by atoms with E-state index in [2.05, 4.69) is 169 Å².